The van der Waals surface area contributed by atoms with E-state index in [4.69, 9.17) is 5.84 Å². The van der Waals surface area contributed by atoms with E-state index in [2.05, 4.69) is 17.3 Å². The maximum absolute atomic E-state index is 5.26. The molecule has 13 heavy (non-hydrogen) atoms. The van der Waals surface area contributed by atoms with Gasteiger partial charge in [-0.05, 0) is 6.42 Å². The van der Waals surface area contributed by atoms with E-state index in [1.165, 1.54) is 38.5 Å². The van der Waals surface area contributed by atoms with Crippen LogP contribution in [0.5, 0.6) is 0 Å². The van der Waals surface area contributed by atoms with Crippen molar-refractivity contribution in [3.05, 3.63) is 0 Å². The molecule has 0 aromatic heterocycles. The second kappa shape index (κ2) is 9.52. The summed E-state index contributed by atoms with van der Waals surface area (Å²) in [7, 11) is 1.77. The van der Waals surface area contributed by atoms with Gasteiger partial charge in [-0.25, -0.2) is 5.84 Å². The monoisotopic (exact) mass is 185 g/mol. The Kier molecular flexibility index (Phi) is 9.10. The van der Waals surface area contributed by atoms with Gasteiger partial charge in [0, 0.05) is 13.5 Å². The second-order valence-corrected chi connectivity index (χ2v) is 3.33. The fourth-order valence-corrected chi connectivity index (χ4v) is 1.32. The van der Waals surface area contributed by atoms with E-state index in [0.717, 1.165) is 12.3 Å². The van der Waals surface area contributed by atoms with Crippen molar-refractivity contribution in [2.24, 2.45) is 10.8 Å². The average molecular weight is 185 g/mol. The average Bonchev–Trinajstić information content (AvgIpc) is 2.17. The van der Waals surface area contributed by atoms with E-state index in [1.54, 1.807) is 7.05 Å². The third kappa shape index (κ3) is 7.78. The Bertz CT molecular complexity index is 132. The smallest absolute Gasteiger partial charge is 0.110 e. The molecule has 0 radical (unpaired) electrons. The van der Waals surface area contributed by atoms with Crippen LogP contribution in [0.2, 0.25) is 0 Å². The van der Waals surface area contributed by atoms with Crippen molar-refractivity contribution in [1.82, 2.24) is 5.43 Å². The van der Waals surface area contributed by atoms with E-state index >= 15 is 0 Å². The minimum Gasteiger partial charge on any atom is -0.312 e. The van der Waals surface area contributed by atoms with Crippen LogP contribution in [0, 0.1) is 0 Å². The lowest BCUT2D eigenvalue weighted by Gasteiger charge is -2.03. The molecule has 0 unspecified atom stereocenters. The van der Waals surface area contributed by atoms with Crippen molar-refractivity contribution >= 4 is 5.84 Å². The summed E-state index contributed by atoms with van der Waals surface area (Å²) < 4.78 is 0. The van der Waals surface area contributed by atoms with Gasteiger partial charge in [0.25, 0.3) is 0 Å². The van der Waals surface area contributed by atoms with Crippen LogP contribution in [0.15, 0.2) is 4.99 Å². The molecule has 0 amide bonds. The summed E-state index contributed by atoms with van der Waals surface area (Å²) in [5.41, 5.74) is 2.60. The number of nitrogens with one attached hydrogen (secondary N) is 1. The highest BCUT2D eigenvalue weighted by atomic mass is 15.2. The Morgan fingerprint density at radius 1 is 1.15 bits per heavy atom. The lowest BCUT2D eigenvalue weighted by molar-refractivity contribution is 0.613. The molecule has 3 N–H and O–H groups in total. The number of amidine groups is 1. The van der Waals surface area contributed by atoms with Crippen LogP contribution in [-0.4, -0.2) is 12.9 Å². The zero-order valence-electron chi connectivity index (χ0n) is 8.97. The zero-order chi connectivity index (χ0) is 9.94. The number of nitrogens with zero attached hydrogens (tertiary/aromatic N) is 1. The van der Waals surface area contributed by atoms with Crippen LogP contribution in [0.3, 0.4) is 0 Å². The van der Waals surface area contributed by atoms with Crippen LogP contribution in [0.1, 0.15) is 51.9 Å². The van der Waals surface area contributed by atoms with Gasteiger partial charge in [-0.1, -0.05) is 39.0 Å². The summed E-state index contributed by atoms with van der Waals surface area (Å²) >= 11 is 0. The standard InChI is InChI=1S/C10H23N3/c1-3-4-5-6-7-8-9-10(12-2)13-11/h3-9,11H2,1-2H3,(H,12,13). The molecule has 0 aromatic rings. The molecule has 0 saturated heterocycles. The summed E-state index contributed by atoms with van der Waals surface area (Å²) in [6.07, 6.45) is 8.86. The van der Waals surface area contributed by atoms with E-state index in [9.17, 15) is 0 Å². The molecule has 3 nitrogen and oxygen atoms in total. The molecule has 0 spiro atoms. The normalized spacial score (nSPS) is 11.8. The molecule has 0 aliphatic rings. The first-order chi connectivity index (χ1) is 6.35. The molecule has 0 aromatic carbocycles. The molecule has 0 aliphatic carbocycles. The van der Waals surface area contributed by atoms with Gasteiger partial charge in [0.2, 0.25) is 0 Å². The summed E-state index contributed by atoms with van der Waals surface area (Å²) in [5.74, 6) is 6.18. The number of aliphatic imine (C=N–C) groups is 1. The van der Waals surface area contributed by atoms with Crippen LogP contribution >= 0.6 is 0 Å². The van der Waals surface area contributed by atoms with Gasteiger partial charge in [0.15, 0.2) is 0 Å². The Morgan fingerprint density at radius 3 is 2.31 bits per heavy atom. The summed E-state index contributed by atoms with van der Waals surface area (Å²) in [6, 6.07) is 0. The quantitative estimate of drug-likeness (QED) is 0.210. The van der Waals surface area contributed by atoms with Crippen molar-refractivity contribution in [3.8, 4) is 0 Å². The van der Waals surface area contributed by atoms with Crippen molar-refractivity contribution in [3.63, 3.8) is 0 Å². The minimum atomic E-state index is 0.912. The highest BCUT2D eigenvalue weighted by molar-refractivity contribution is 5.81. The molecule has 78 valence electrons. The number of hydrazine groups is 1. The third-order valence-corrected chi connectivity index (χ3v) is 2.20. The lowest BCUT2D eigenvalue weighted by Crippen LogP contribution is -2.29. The minimum absolute atomic E-state index is 0.912. The Morgan fingerprint density at radius 2 is 1.77 bits per heavy atom. The molecule has 0 bridgehead atoms. The van der Waals surface area contributed by atoms with Gasteiger partial charge in [-0.2, -0.15) is 0 Å². The van der Waals surface area contributed by atoms with Crippen LogP contribution in [0.25, 0.3) is 0 Å². The number of hydrogen-bond donors (Lipinski definition) is 2. The Labute approximate surface area is 81.8 Å². The predicted molar refractivity (Wildman–Crippen MR) is 58.7 cm³/mol. The van der Waals surface area contributed by atoms with Gasteiger partial charge >= 0.3 is 0 Å². The van der Waals surface area contributed by atoms with Crippen molar-refractivity contribution in [2.75, 3.05) is 7.05 Å². The molecule has 0 rings (SSSR count). The molecule has 3 heteroatoms. The molecule has 0 fully saturated rings. The zero-order valence-corrected chi connectivity index (χ0v) is 8.97. The topological polar surface area (TPSA) is 50.4 Å². The highest BCUT2D eigenvalue weighted by Crippen LogP contribution is 2.06. The SMILES string of the molecule is CCCCCCCCC(=NC)NN. The van der Waals surface area contributed by atoms with Crippen LogP contribution in [0.4, 0.5) is 0 Å². The van der Waals surface area contributed by atoms with Gasteiger partial charge < -0.3 is 5.43 Å². The number of rotatable bonds is 7. The number of hydrogen-bond acceptors (Lipinski definition) is 2. The molecule has 0 atom stereocenters. The fourth-order valence-electron chi connectivity index (χ4n) is 1.32. The van der Waals surface area contributed by atoms with Gasteiger partial charge in [0.1, 0.15) is 5.84 Å². The largest absolute Gasteiger partial charge is 0.312 e. The summed E-state index contributed by atoms with van der Waals surface area (Å²) in [5, 5.41) is 0. The Hall–Kier alpha value is -0.570. The van der Waals surface area contributed by atoms with Gasteiger partial charge in [-0.3, -0.25) is 4.99 Å². The summed E-state index contributed by atoms with van der Waals surface area (Å²) in [4.78, 5) is 4.02. The highest BCUT2D eigenvalue weighted by Gasteiger charge is 1.94. The van der Waals surface area contributed by atoms with E-state index < -0.39 is 0 Å². The summed E-state index contributed by atoms with van der Waals surface area (Å²) in [6.45, 7) is 2.24. The van der Waals surface area contributed by atoms with E-state index in [1.807, 2.05) is 0 Å². The Balaban J connectivity index is 3.15. The van der Waals surface area contributed by atoms with Gasteiger partial charge in [-0.15, -0.1) is 0 Å². The van der Waals surface area contributed by atoms with Crippen molar-refractivity contribution in [1.29, 1.82) is 0 Å². The fraction of sp³-hybridized carbons (Fsp3) is 0.900. The number of nitrogens with two attached hydrogens (primary N) is 1. The van der Waals surface area contributed by atoms with E-state index in [0.29, 0.717) is 0 Å². The predicted octanol–water partition coefficient (Wildman–Crippen LogP) is 2.23. The van der Waals surface area contributed by atoms with Gasteiger partial charge in [0.05, 0.1) is 0 Å². The molecular formula is C10H23N3. The lowest BCUT2D eigenvalue weighted by atomic mass is 10.1. The first kappa shape index (κ1) is 12.4. The first-order valence-corrected chi connectivity index (χ1v) is 5.27. The van der Waals surface area contributed by atoms with Crippen molar-refractivity contribution in [2.45, 2.75) is 51.9 Å². The van der Waals surface area contributed by atoms with Crippen LogP contribution in [-0.2, 0) is 0 Å². The maximum atomic E-state index is 5.26. The molecule has 0 saturated carbocycles. The second-order valence-electron chi connectivity index (χ2n) is 3.33. The first-order valence-electron chi connectivity index (χ1n) is 5.27. The van der Waals surface area contributed by atoms with E-state index in [-0.39, 0.29) is 0 Å². The molecule has 0 aliphatic heterocycles. The third-order valence-electron chi connectivity index (χ3n) is 2.20. The van der Waals surface area contributed by atoms with Crippen molar-refractivity contribution < 1.29 is 0 Å². The molecule has 0 heterocycles. The number of unbranched alkanes of at least 4 members (excludes halogenated alkanes) is 5. The van der Waals surface area contributed by atoms with Crippen LogP contribution < -0.4 is 11.3 Å². The maximum Gasteiger partial charge on any atom is 0.110 e. The molecular weight excluding hydrogens is 162 g/mol.